The predicted octanol–water partition coefficient (Wildman–Crippen LogP) is 3.39. The van der Waals surface area contributed by atoms with Crippen molar-refractivity contribution in [2.75, 3.05) is 25.6 Å². The molecule has 1 aromatic heterocycles. The van der Waals surface area contributed by atoms with Gasteiger partial charge in [-0.1, -0.05) is 12.1 Å². The van der Waals surface area contributed by atoms with Gasteiger partial charge in [0, 0.05) is 23.8 Å². The second-order valence-corrected chi connectivity index (χ2v) is 5.02. The average Bonchev–Trinajstić information content (AvgIpc) is 2.44. The van der Waals surface area contributed by atoms with Crippen molar-refractivity contribution in [3.05, 3.63) is 30.0 Å². The molecule has 108 valence electrons. The van der Waals surface area contributed by atoms with Crippen molar-refractivity contribution in [3.8, 4) is 5.75 Å². The Morgan fingerprint density at radius 3 is 2.80 bits per heavy atom. The Balaban J connectivity index is 2.25. The van der Waals surface area contributed by atoms with Crippen LogP contribution in [-0.4, -0.2) is 31.3 Å². The van der Waals surface area contributed by atoms with Gasteiger partial charge in [-0.25, -0.2) is 0 Å². The molecule has 0 spiro atoms. The van der Waals surface area contributed by atoms with Crippen LogP contribution in [0.2, 0.25) is 0 Å². The smallest absolute Gasteiger partial charge is 0.145 e. The number of aryl methyl sites for hydroxylation is 1. The fourth-order valence-corrected chi connectivity index (χ4v) is 2.17. The van der Waals surface area contributed by atoms with E-state index >= 15 is 0 Å². The number of benzene rings is 1. The third-order valence-electron chi connectivity index (χ3n) is 3.12. The number of methoxy groups -OCH3 is 1. The van der Waals surface area contributed by atoms with Gasteiger partial charge in [0.25, 0.3) is 0 Å². The van der Waals surface area contributed by atoms with Crippen molar-refractivity contribution in [3.63, 3.8) is 0 Å². The topological polar surface area (TPSA) is 43.4 Å². The summed E-state index contributed by atoms with van der Waals surface area (Å²) in [4.78, 5) is 4.47. The molecule has 2 rings (SSSR count). The van der Waals surface area contributed by atoms with Crippen LogP contribution in [0.3, 0.4) is 0 Å². The molecule has 0 atom stereocenters. The van der Waals surface area contributed by atoms with Crippen molar-refractivity contribution >= 4 is 16.6 Å². The quantitative estimate of drug-likeness (QED) is 0.820. The maximum absolute atomic E-state index is 5.56. The molecule has 20 heavy (non-hydrogen) atoms. The van der Waals surface area contributed by atoms with Crippen LogP contribution in [0.15, 0.2) is 24.4 Å². The minimum atomic E-state index is 0.257. The molecule has 0 unspecified atom stereocenters. The summed E-state index contributed by atoms with van der Waals surface area (Å²) in [6, 6.07) is 5.97. The van der Waals surface area contributed by atoms with Crippen LogP contribution in [0.25, 0.3) is 10.9 Å². The van der Waals surface area contributed by atoms with Crippen molar-refractivity contribution in [1.82, 2.24) is 4.98 Å². The highest BCUT2D eigenvalue weighted by atomic mass is 16.5. The molecule has 0 bridgehead atoms. The maximum Gasteiger partial charge on any atom is 0.145 e. The summed E-state index contributed by atoms with van der Waals surface area (Å²) in [6.07, 6.45) is 2.13. The number of anilines is 1. The summed E-state index contributed by atoms with van der Waals surface area (Å²) in [5.74, 6) is 0.795. The van der Waals surface area contributed by atoms with E-state index in [4.69, 9.17) is 9.47 Å². The third kappa shape index (κ3) is 3.20. The Morgan fingerprint density at radius 1 is 1.30 bits per heavy atom. The minimum Gasteiger partial charge on any atom is -0.494 e. The minimum absolute atomic E-state index is 0.257. The second kappa shape index (κ2) is 6.57. The van der Waals surface area contributed by atoms with E-state index in [0.29, 0.717) is 6.61 Å². The van der Waals surface area contributed by atoms with Crippen molar-refractivity contribution < 1.29 is 9.47 Å². The molecule has 1 N–H and O–H groups in total. The summed E-state index contributed by atoms with van der Waals surface area (Å²) in [6.45, 7) is 7.59. The van der Waals surface area contributed by atoms with Gasteiger partial charge in [-0.05, 0) is 32.4 Å². The van der Waals surface area contributed by atoms with E-state index in [1.807, 2.05) is 32.2 Å². The van der Waals surface area contributed by atoms with Crippen LogP contribution in [0, 0.1) is 6.92 Å². The van der Waals surface area contributed by atoms with Crippen molar-refractivity contribution in [1.29, 1.82) is 0 Å². The molecule has 0 saturated carbocycles. The first-order valence-electron chi connectivity index (χ1n) is 6.91. The molecule has 0 saturated heterocycles. The van der Waals surface area contributed by atoms with Crippen LogP contribution < -0.4 is 10.1 Å². The number of hydrogen-bond donors (Lipinski definition) is 1. The lowest BCUT2D eigenvalue weighted by Crippen LogP contribution is -2.14. The number of rotatable bonds is 6. The molecule has 1 aromatic carbocycles. The van der Waals surface area contributed by atoms with Crippen molar-refractivity contribution in [2.24, 2.45) is 0 Å². The van der Waals surface area contributed by atoms with Crippen LogP contribution in [0.5, 0.6) is 5.75 Å². The second-order valence-electron chi connectivity index (χ2n) is 5.02. The number of hydrogen-bond acceptors (Lipinski definition) is 4. The third-order valence-corrected chi connectivity index (χ3v) is 3.12. The van der Waals surface area contributed by atoms with Gasteiger partial charge in [0.05, 0.1) is 19.8 Å². The van der Waals surface area contributed by atoms with Gasteiger partial charge in [-0.3, -0.25) is 4.98 Å². The molecule has 0 radical (unpaired) electrons. The molecule has 0 fully saturated rings. The summed E-state index contributed by atoms with van der Waals surface area (Å²) in [5, 5.41) is 4.52. The first-order chi connectivity index (χ1) is 9.63. The molecule has 4 heteroatoms. The Labute approximate surface area is 120 Å². The Morgan fingerprint density at radius 2 is 2.10 bits per heavy atom. The van der Waals surface area contributed by atoms with Crippen molar-refractivity contribution in [2.45, 2.75) is 26.9 Å². The van der Waals surface area contributed by atoms with Gasteiger partial charge in [0.2, 0.25) is 0 Å². The predicted molar refractivity (Wildman–Crippen MR) is 82.6 cm³/mol. The Hall–Kier alpha value is -1.81. The van der Waals surface area contributed by atoms with Gasteiger partial charge in [0.1, 0.15) is 11.3 Å². The number of aromatic nitrogens is 1. The SMILES string of the molecule is COc1cccc2c(NCCOC(C)C)c(C)cnc12. The van der Waals surface area contributed by atoms with E-state index in [-0.39, 0.29) is 6.10 Å². The van der Waals surface area contributed by atoms with Crippen LogP contribution in [0.4, 0.5) is 5.69 Å². The van der Waals surface area contributed by atoms with Crippen LogP contribution in [0.1, 0.15) is 19.4 Å². The van der Waals surface area contributed by atoms with Crippen LogP contribution >= 0.6 is 0 Å². The van der Waals surface area contributed by atoms with E-state index in [2.05, 4.69) is 23.3 Å². The molecule has 0 aliphatic rings. The fraction of sp³-hybridized carbons (Fsp3) is 0.438. The molecule has 1 heterocycles. The highest BCUT2D eigenvalue weighted by Gasteiger charge is 2.09. The van der Waals surface area contributed by atoms with E-state index in [1.165, 1.54) is 0 Å². The summed E-state index contributed by atoms with van der Waals surface area (Å²) < 4.78 is 10.9. The lowest BCUT2D eigenvalue weighted by molar-refractivity contribution is 0.0871. The van der Waals surface area contributed by atoms with Gasteiger partial charge < -0.3 is 14.8 Å². The normalized spacial score (nSPS) is 11.1. The highest BCUT2D eigenvalue weighted by molar-refractivity contribution is 5.96. The zero-order chi connectivity index (χ0) is 14.5. The van der Waals surface area contributed by atoms with E-state index in [1.54, 1.807) is 7.11 Å². The lowest BCUT2D eigenvalue weighted by atomic mass is 10.1. The average molecular weight is 274 g/mol. The zero-order valence-corrected chi connectivity index (χ0v) is 12.6. The van der Waals surface area contributed by atoms with E-state index in [0.717, 1.165) is 34.4 Å². The largest absolute Gasteiger partial charge is 0.494 e. The monoisotopic (exact) mass is 274 g/mol. The number of nitrogens with zero attached hydrogens (tertiary/aromatic N) is 1. The molecule has 2 aromatic rings. The van der Waals surface area contributed by atoms with Gasteiger partial charge in [0.15, 0.2) is 0 Å². The van der Waals surface area contributed by atoms with Crippen LogP contribution in [-0.2, 0) is 4.74 Å². The standard InChI is InChI=1S/C16H22N2O2/c1-11(2)20-9-8-17-15-12(3)10-18-16-13(15)6-5-7-14(16)19-4/h5-7,10-11H,8-9H2,1-4H3,(H,17,18). The van der Waals surface area contributed by atoms with Gasteiger partial charge in [-0.2, -0.15) is 0 Å². The van der Waals surface area contributed by atoms with E-state index < -0.39 is 0 Å². The Bertz CT molecular complexity index is 582. The molecule has 0 amide bonds. The molecular formula is C16H22N2O2. The fourth-order valence-electron chi connectivity index (χ4n) is 2.17. The summed E-state index contributed by atoms with van der Waals surface area (Å²) in [7, 11) is 1.67. The number of nitrogens with one attached hydrogen (secondary N) is 1. The van der Waals surface area contributed by atoms with Gasteiger partial charge >= 0.3 is 0 Å². The molecule has 4 nitrogen and oxygen atoms in total. The number of ether oxygens (including phenoxy) is 2. The number of pyridine rings is 1. The lowest BCUT2D eigenvalue weighted by Gasteiger charge is -2.14. The maximum atomic E-state index is 5.56. The molecular weight excluding hydrogens is 252 g/mol. The first-order valence-corrected chi connectivity index (χ1v) is 6.91. The summed E-state index contributed by atoms with van der Waals surface area (Å²) in [5.41, 5.74) is 3.10. The van der Waals surface area contributed by atoms with Gasteiger partial charge in [-0.15, -0.1) is 0 Å². The summed E-state index contributed by atoms with van der Waals surface area (Å²) >= 11 is 0. The Kier molecular flexibility index (Phi) is 4.79. The highest BCUT2D eigenvalue weighted by Crippen LogP contribution is 2.30. The molecule has 0 aliphatic heterocycles. The zero-order valence-electron chi connectivity index (χ0n) is 12.6. The van der Waals surface area contributed by atoms with E-state index in [9.17, 15) is 0 Å². The number of para-hydroxylation sites is 1. The molecule has 0 aliphatic carbocycles. The number of fused-ring (bicyclic) bond motifs is 1. The first kappa shape index (κ1) is 14.6.